The fourth-order valence-electron chi connectivity index (χ4n) is 2.53. The second-order valence-electron chi connectivity index (χ2n) is 5.75. The number of aromatic nitrogens is 1. The second kappa shape index (κ2) is 7.30. The van der Waals surface area contributed by atoms with Gasteiger partial charge < -0.3 is 15.0 Å². The summed E-state index contributed by atoms with van der Waals surface area (Å²) in [4.78, 5) is 15.5. The van der Waals surface area contributed by atoms with Crippen molar-refractivity contribution >= 4 is 61.4 Å². The van der Waals surface area contributed by atoms with Gasteiger partial charge in [0, 0.05) is 27.7 Å². The summed E-state index contributed by atoms with van der Waals surface area (Å²) in [5.74, 6) is -0.203. The summed E-state index contributed by atoms with van der Waals surface area (Å²) in [6, 6.07) is 9.62. The lowest BCUT2D eigenvalue weighted by Gasteiger charge is -2.12. The van der Waals surface area contributed by atoms with Crippen molar-refractivity contribution in [1.82, 2.24) is 4.98 Å². The summed E-state index contributed by atoms with van der Waals surface area (Å²) >= 11 is 12.3. The van der Waals surface area contributed by atoms with E-state index in [9.17, 15) is 13.2 Å². The first-order valence-corrected chi connectivity index (χ1v) is 10.3. The highest BCUT2D eigenvalue weighted by Crippen LogP contribution is 2.32. The third kappa shape index (κ3) is 4.29. The van der Waals surface area contributed by atoms with Crippen LogP contribution in [-0.2, 0) is 10.0 Å². The molecule has 0 aliphatic rings. The topological polar surface area (TPSA) is 100 Å². The zero-order chi connectivity index (χ0) is 19.8. The van der Waals surface area contributed by atoms with Gasteiger partial charge in [-0.05, 0) is 30.3 Å². The molecule has 0 aliphatic heterocycles. The number of H-pyrrole nitrogens is 1. The molecule has 0 unspecified atom stereocenters. The van der Waals surface area contributed by atoms with E-state index in [0.717, 1.165) is 6.26 Å². The first kappa shape index (κ1) is 19.3. The summed E-state index contributed by atoms with van der Waals surface area (Å²) in [6.45, 7) is 0. The molecule has 0 bridgehead atoms. The van der Waals surface area contributed by atoms with Crippen molar-refractivity contribution in [2.24, 2.45) is 0 Å². The van der Waals surface area contributed by atoms with Gasteiger partial charge in [0.25, 0.3) is 5.91 Å². The molecule has 3 rings (SSSR count). The van der Waals surface area contributed by atoms with Gasteiger partial charge in [-0.3, -0.25) is 9.52 Å². The molecule has 0 spiro atoms. The van der Waals surface area contributed by atoms with Crippen LogP contribution in [0.25, 0.3) is 10.9 Å². The third-order valence-electron chi connectivity index (χ3n) is 3.68. The number of benzene rings is 2. The number of amides is 1. The van der Waals surface area contributed by atoms with Crippen molar-refractivity contribution in [2.75, 3.05) is 23.4 Å². The predicted molar refractivity (Wildman–Crippen MR) is 108 cm³/mol. The minimum Gasteiger partial charge on any atom is -0.494 e. The maximum atomic E-state index is 12.6. The van der Waals surface area contributed by atoms with E-state index in [2.05, 4.69) is 15.0 Å². The first-order chi connectivity index (χ1) is 12.7. The van der Waals surface area contributed by atoms with E-state index in [0.29, 0.717) is 21.6 Å². The van der Waals surface area contributed by atoms with Crippen molar-refractivity contribution in [3.63, 3.8) is 0 Å². The molecule has 7 nitrogen and oxygen atoms in total. The Bertz CT molecular complexity index is 1140. The van der Waals surface area contributed by atoms with Crippen molar-refractivity contribution in [3.05, 3.63) is 52.1 Å². The van der Waals surface area contributed by atoms with Crippen molar-refractivity contribution in [1.29, 1.82) is 0 Å². The summed E-state index contributed by atoms with van der Waals surface area (Å²) in [7, 11) is -2.07. The fraction of sp³-hybridized carbons (Fsp3) is 0.118. The lowest BCUT2D eigenvalue weighted by Crippen LogP contribution is -2.14. The van der Waals surface area contributed by atoms with Crippen LogP contribution in [0.15, 0.2) is 36.4 Å². The Morgan fingerprint density at radius 2 is 1.89 bits per heavy atom. The van der Waals surface area contributed by atoms with Crippen LogP contribution in [0.4, 0.5) is 11.4 Å². The van der Waals surface area contributed by atoms with E-state index < -0.39 is 15.9 Å². The Morgan fingerprint density at radius 3 is 2.56 bits per heavy atom. The van der Waals surface area contributed by atoms with Crippen LogP contribution in [0.2, 0.25) is 10.0 Å². The molecule has 0 aliphatic carbocycles. The Hall–Kier alpha value is -2.42. The number of anilines is 2. The van der Waals surface area contributed by atoms with Crippen LogP contribution in [0.5, 0.6) is 5.75 Å². The van der Waals surface area contributed by atoms with Gasteiger partial charge in [-0.25, -0.2) is 8.42 Å². The molecule has 1 heterocycles. The van der Waals surface area contributed by atoms with Gasteiger partial charge in [-0.15, -0.1) is 0 Å². The Kier molecular flexibility index (Phi) is 5.23. The fourth-order valence-corrected chi connectivity index (χ4v) is 3.56. The van der Waals surface area contributed by atoms with Gasteiger partial charge in [0.15, 0.2) is 0 Å². The maximum Gasteiger partial charge on any atom is 0.273 e. The van der Waals surface area contributed by atoms with Crippen molar-refractivity contribution in [2.45, 2.75) is 0 Å². The van der Waals surface area contributed by atoms with E-state index >= 15 is 0 Å². The average molecular weight is 428 g/mol. The van der Waals surface area contributed by atoms with E-state index in [4.69, 9.17) is 27.9 Å². The monoisotopic (exact) mass is 427 g/mol. The standard InChI is InChI=1S/C17H15Cl2N3O4S/c1-26-14-8-10(4-6-13(14)22-27(2,24)25)20-17(23)16-15(19)11-7-9(18)3-5-12(11)21-16/h3-8,21-22H,1-2H3,(H,20,23). The quantitative estimate of drug-likeness (QED) is 0.570. The van der Waals surface area contributed by atoms with E-state index in [1.165, 1.54) is 19.2 Å². The van der Waals surface area contributed by atoms with Crippen LogP contribution in [0.1, 0.15) is 10.5 Å². The smallest absolute Gasteiger partial charge is 0.273 e. The van der Waals surface area contributed by atoms with Gasteiger partial charge in [0.1, 0.15) is 11.4 Å². The highest BCUT2D eigenvalue weighted by atomic mass is 35.5. The van der Waals surface area contributed by atoms with Crippen LogP contribution in [-0.4, -0.2) is 32.7 Å². The number of ether oxygens (including phenoxy) is 1. The lowest BCUT2D eigenvalue weighted by molar-refractivity contribution is 0.102. The van der Waals surface area contributed by atoms with Gasteiger partial charge in [-0.2, -0.15) is 0 Å². The van der Waals surface area contributed by atoms with Gasteiger partial charge in [0.2, 0.25) is 10.0 Å². The number of carbonyl (C=O) groups is 1. The number of rotatable bonds is 5. The van der Waals surface area contributed by atoms with E-state index in [1.54, 1.807) is 24.3 Å². The number of sulfonamides is 1. The first-order valence-electron chi connectivity index (χ1n) is 7.62. The maximum absolute atomic E-state index is 12.6. The van der Waals surface area contributed by atoms with E-state index in [-0.39, 0.29) is 22.2 Å². The molecule has 10 heteroatoms. The molecule has 27 heavy (non-hydrogen) atoms. The second-order valence-corrected chi connectivity index (χ2v) is 8.31. The Labute approximate surface area is 165 Å². The van der Waals surface area contributed by atoms with Crippen LogP contribution >= 0.6 is 23.2 Å². The third-order valence-corrected chi connectivity index (χ3v) is 4.90. The molecule has 0 saturated heterocycles. The minimum absolute atomic E-state index is 0.186. The zero-order valence-electron chi connectivity index (χ0n) is 14.3. The SMILES string of the molecule is COc1cc(NC(=O)c2[nH]c3ccc(Cl)cc3c2Cl)ccc1NS(C)(=O)=O. The Balaban J connectivity index is 1.89. The number of hydrogen-bond donors (Lipinski definition) is 3. The molecule has 3 aromatic rings. The number of fused-ring (bicyclic) bond motifs is 1. The summed E-state index contributed by atoms with van der Waals surface area (Å²) in [5.41, 5.74) is 1.53. The summed E-state index contributed by atoms with van der Waals surface area (Å²) in [6.07, 6.45) is 1.03. The minimum atomic E-state index is -3.46. The summed E-state index contributed by atoms with van der Waals surface area (Å²) < 4.78 is 30.3. The lowest BCUT2D eigenvalue weighted by atomic mass is 10.2. The predicted octanol–water partition coefficient (Wildman–Crippen LogP) is 4.11. The number of aromatic amines is 1. The number of nitrogens with one attached hydrogen (secondary N) is 3. The molecule has 0 fully saturated rings. The Morgan fingerprint density at radius 1 is 1.15 bits per heavy atom. The molecule has 3 N–H and O–H groups in total. The molecule has 142 valence electrons. The van der Waals surface area contributed by atoms with E-state index in [1.807, 2.05) is 0 Å². The summed E-state index contributed by atoms with van der Waals surface area (Å²) in [5, 5.41) is 4.10. The van der Waals surface area contributed by atoms with Gasteiger partial charge >= 0.3 is 0 Å². The highest BCUT2D eigenvalue weighted by molar-refractivity contribution is 7.92. The molecule has 0 saturated carbocycles. The van der Waals surface area contributed by atoms with Crippen LogP contribution in [0.3, 0.4) is 0 Å². The average Bonchev–Trinajstić information content (AvgIpc) is 2.91. The molecule has 0 atom stereocenters. The zero-order valence-corrected chi connectivity index (χ0v) is 16.6. The van der Waals surface area contributed by atoms with Crippen LogP contribution in [0, 0.1) is 0 Å². The van der Waals surface area contributed by atoms with Crippen molar-refractivity contribution < 1.29 is 17.9 Å². The highest BCUT2D eigenvalue weighted by Gasteiger charge is 2.18. The number of methoxy groups -OCH3 is 1. The molecule has 2 aromatic carbocycles. The van der Waals surface area contributed by atoms with Gasteiger partial charge in [0.05, 0.1) is 24.1 Å². The van der Waals surface area contributed by atoms with Crippen LogP contribution < -0.4 is 14.8 Å². The largest absolute Gasteiger partial charge is 0.494 e. The molecule has 0 radical (unpaired) electrons. The van der Waals surface area contributed by atoms with Gasteiger partial charge in [-0.1, -0.05) is 23.2 Å². The number of carbonyl (C=O) groups excluding carboxylic acids is 1. The molecular weight excluding hydrogens is 413 g/mol. The molecule has 1 aromatic heterocycles. The molecular formula is C17H15Cl2N3O4S. The number of hydrogen-bond acceptors (Lipinski definition) is 4. The normalized spacial score (nSPS) is 11.4. The number of halogens is 2. The van der Waals surface area contributed by atoms with Crippen molar-refractivity contribution in [3.8, 4) is 5.75 Å². The molecule has 1 amide bonds.